The van der Waals surface area contributed by atoms with Crippen LogP contribution in [0.1, 0.15) is 36.4 Å². The van der Waals surface area contributed by atoms with E-state index in [1.54, 1.807) is 6.07 Å². The molecular formula is C20H22F4N2O2S. The van der Waals surface area contributed by atoms with Gasteiger partial charge in [0, 0.05) is 11.6 Å². The van der Waals surface area contributed by atoms with Crippen LogP contribution in [-0.2, 0) is 0 Å². The fraction of sp³-hybridized carbons (Fsp3) is 0.550. The molecule has 0 saturated carbocycles. The highest BCUT2D eigenvalue weighted by molar-refractivity contribution is 7.21. The van der Waals surface area contributed by atoms with Gasteiger partial charge in [0.1, 0.15) is 0 Å². The molecule has 3 aliphatic rings. The van der Waals surface area contributed by atoms with Crippen LogP contribution in [0.25, 0.3) is 10.1 Å². The van der Waals surface area contributed by atoms with Gasteiger partial charge in [-0.25, -0.2) is 4.39 Å². The summed E-state index contributed by atoms with van der Waals surface area (Å²) in [5.74, 6) is -1.24. The van der Waals surface area contributed by atoms with Gasteiger partial charge in [0.25, 0.3) is 5.91 Å². The van der Waals surface area contributed by atoms with Gasteiger partial charge in [-0.15, -0.1) is 11.3 Å². The number of hydrogen-bond donors (Lipinski definition) is 1. The van der Waals surface area contributed by atoms with Crippen molar-refractivity contribution in [3.05, 3.63) is 28.9 Å². The second-order valence-electron chi connectivity index (χ2n) is 8.24. The van der Waals surface area contributed by atoms with Crippen molar-refractivity contribution in [3.8, 4) is 5.75 Å². The lowest BCUT2D eigenvalue weighted by molar-refractivity contribution is -0.153. The number of rotatable bonds is 4. The van der Waals surface area contributed by atoms with Gasteiger partial charge in [-0.05, 0) is 63.2 Å². The van der Waals surface area contributed by atoms with E-state index in [4.69, 9.17) is 4.74 Å². The minimum atomic E-state index is -4.58. The summed E-state index contributed by atoms with van der Waals surface area (Å²) in [6.45, 7) is 4.69. The molecule has 2 aromatic rings. The Balaban J connectivity index is 1.59. The van der Waals surface area contributed by atoms with E-state index in [0.29, 0.717) is 16.2 Å². The van der Waals surface area contributed by atoms with Gasteiger partial charge in [-0.3, -0.25) is 9.69 Å². The maximum absolute atomic E-state index is 14.1. The van der Waals surface area contributed by atoms with E-state index in [-0.39, 0.29) is 22.2 Å². The first-order valence-corrected chi connectivity index (χ1v) is 10.4. The van der Waals surface area contributed by atoms with Gasteiger partial charge in [0.05, 0.1) is 9.58 Å². The summed E-state index contributed by atoms with van der Waals surface area (Å²) in [6, 6.07) is 4.06. The topological polar surface area (TPSA) is 41.6 Å². The molecule has 1 amide bonds. The Morgan fingerprint density at radius 2 is 2.00 bits per heavy atom. The number of carbonyl (C=O) groups is 1. The van der Waals surface area contributed by atoms with Gasteiger partial charge < -0.3 is 10.1 Å². The van der Waals surface area contributed by atoms with Crippen molar-refractivity contribution < 1.29 is 27.1 Å². The monoisotopic (exact) mass is 430 g/mol. The molecule has 0 aliphatic carbocycles. The van der Waals surface area contributed by atoms with Crippen LogP contribution in [0.15, 0.2) is 18.2 Å². The van der Waals surface area contributed by atoms with E-state index in [0.717, 1.165) is 43.3 Å². The highest BCUT2D eigenvalue weighted by Gasteiger charge is 2.48. The molecule has 5 rings (SSSR count). The predicted octanol–water partition coefficient (Wildman–Crippen LogP) is 4.58. The van der Waals surface area contributed by atoms with Gasteiger partial charge in [-0.2, -0.15) is 13.2 Å². The second kappa shape index (κ2) is 7.12. The summed E-state index contributed by atoms with van der Waals surface area (Å²) in [6.07, 6.45) is -2.52. The Labute approximate surface area is 169 Å². The number of ether oxygens (including phenoxy) is 1. The molecule has 0 spiro atoms. The zero-order chi connectivity index (χ0) is 21.0. The summed E-state index contributed by atoms with van der Waals surface area (Å²) < 4.78 is 56.5. The molecule has 9 heteroatoms. The van der Waals surface area contributed by atoms with E-state index in [1.165, 1.54) is 6.07 Å². The number of nitrogens with zero attached hydrogens (tertiary/aromatic N) is 1. The summed E-state index contributed by atoms with van der Waals surface area (Å²) in [5, 5.41) is 3.60. The van der Waals surface area contributed by atoms with Crippen LogP contribution in [0.4, 0.5) is 17.6 Å². The van der Waals surface area contributed by atoms with Crippen molar-refractivity contribution in [2.45, 2.75) is 44.4 Å². The number of amides is 1. The lowest BCUT2D eigenvalue weighted by atomic mass is 9.72. The van der Waals surface area contributed by atoms with Crippen molar-refractivity contribution in [2.24, 2.45) is 5.92 Å². The van der Waals surface area contributed by atoms with Crippen LogP contribution in [0.2, 0.25) is 0 Å². The molecule has 1 aromatic heterocycles. The maximum atomic E-state index is 14.1. The molecule has 2 bridgehead atoms. The number of piperidine rings is 3. The predicted molar refractivity (Wildman–Crippen MR) is 103 cm³/mol. The van der Waals surface area contributed by atoms with Crippen molar-refractivity contribution in [1.82, 2.24) is 10.2 Å². The van der Waals surface area contributed by atoms with E-state index < -0.39 is 24.3 Å². The van der Waals surface area contributed by atoms with Gasteiger partial charge in [-0.1, -0.05) is 6.07 Å². The first kappa shape index (κ1) is 20.4. The van der Waals surface area contributed by atoms with E-state index >= 15 is 0 Å². The Hall–Kier alpha value is -1.87. The van der Waals surface area contributed by atoms with Crippen LogP contribution in [0, 0.1) is 11.7 Å². The van der Waals surface area contributed by atoms with E-state index in [2.05, 4.69) is 24.1 Å². The Morgan fingerprint density at radius 1 is 1.31 bits per heavy atom. The molecule has 1 atom stereocenters. The average molecular weight is 430 g/mol. The number of hydrogen-bond acceptors (Lipinski definition) is 4. The molecule has 0 unspecified atom stereocenters. The van der Waals surface area contributed by atoms with Crippen LogP contribution in [0.5, 0.6) is 5.75 Å². The van der Waals surface area contributed by atoms with Crippen LogP contribution in [0.3, 0.4) is 0 Å². The zero-order valence-electron chi connectivity index (χ0n) is 16.1. The summed E-state index contributed by atoms with van der Waals surface area (Å²) in [4.78, 5) is 15.6. The average Bonchev–Trinajstić information content (AvgIpc) is 3.08. The van der Waals surface area contributed by atoms with Crippen molar-refractivity contribution in [3.63, 3.8) is 0 Å². The summed E-state index contributed by atoms with van der Waals surface area (Å²) in [7, 11) is 0. The molecule has 3 aliphatic heterocycles. The Morgan fingerprint density at radius 3 is 2.62 bits per heavy atom. The molecule has 0 radical (unpaired) electrons. The standard InChI is InChI=1S/C20H22F4N2O2S/c1-19(2)17(11-5-7-26(19)8-6-11)25-18(27)14-9-12-3-4-13(21)15(16(12)29-14)28-10-20(22,23)24/h3-4,9,11,17H,5-8,10H2,1-2H3,(H,25,27)/t17-/m1/s1. The SMILES string of the molecule is CC1(C)[C@H](NC(=O)c2cc3ccc(F)c(OCC(F)(F)F)c3s2)C2CCN1CC2. The van der Waals surface area contributed by atoms with E-state index in [9.17, 15) is 22.4 Å². The third-order valence-electron chi connectivity index (χ3n) is 6.07. The highest BCUT2D eigenvalue weighted by atomic mass is 32.1. The minimum absolute atomic E-state index is 0.0135. The Kier molecular flexibility index (Phi) is 5.01. The van der Waals surface area contributed by atoms with Crippen LogP contribution in [-0.4, -0.2) is 48.3 Å². The molecule has 3 fully saturated rings. The fourth-order valence-corrected chi connectivity index (χ4v) is 5.59. The second-order valence-corrected chi connectivity index (χ2v) is 9.29. The molecule has 4 nitrogen and oxygen atoms in total. The molecule has 29 heavy (non-hydrogen) atoms. The molecular weight excluding hydrogens is 408 g/mol. The number of halogens is 4. The zero-order valence-corrected chi connectivity index (χ0v) is 16.9. The first-order valence-electron chi connectivity index (χ1n) is 9.54. The molecule has 3 saturated heterocycles. The highest BCUT2D eigenvalue weighted by Crippen LogP contribution is 2.40. The fourth-order valence-electron chi connectivity index (χ4n) is 4.54. The maximum Gasteiger partial charge on any atom is 0.422 e. The van der Waals surface area contributed by atoms with Crippen molar-refractivity contribution in [1.29, 1.82) is 0 Å². The minimum Gasteiger partial charge on any atom is -0.480 e. The number of thiophene rings is 1. The number of benzene rings is 1. The number of fused-ring (bicyclic) bond motifs is 4. The largest absolute Gasteiger partial charge is 0.480 e. The van der Waals surface area contributed by atoms with Gasteiger partial charge >= 0.3 is 6.18 Å². The molecule has 1 aromatic carbocycles. The van der Waals surface area contributed by atoms with Crippen molar-refractivity contribution >= 4 is 27.3 Å². The summed E-state index contributed by atoms with van der Waals surface area (Å²) in [5.41, 5.74) is -0.166. The van der Waals surface area contributed by atoms with Crippen molar-refractivity contribution in [2.75, 3.05) is 19.7 Å². The molecule has 1 N–H and O–H groups in total. The third kappa shape index (κ3) is 3.82. The first-order chi connectivity index (χ1) is 13.6. The smallest absolute Gasteiger partial charge is 0.422 e. The number of nitrogens with one attached hydrogen (secondary N) is 1. The quantitative estimate of drug-likeness (QED) is 0.722. The van der Waals surface area contributed by atoms with Gasteiger partial charge in [0.15, 0.2) is 18.2 Å². The number of alkyl halides is 3. The molecule has 4 heterocycles. The number of carbonyl (C=O) groups excluding carboxylic acids is 1. The van der Waals surface area contributed by atoms with Gasteiger partial charge in [0.2, 0.25) is 0 Å². The lowest BCUT2D eigenvalue weighted by Gasteiger charge is -2.56. The lowest BCUT2D eigenvalue weighted by Crippen LogP contribution is -2.69. The third-order valence-corrected chi connectivity index (χ3v) is 7.22. The van der Waals surface area contributed by atoms with Crippen LogP contribution < -0.4 is 10.1 Å². The summed E-state index contributed by atoms with van der Waals surface area (Å²) >= 11 is 0.948. The van der Waals surface area contributed by atoms with Crippen LogP contribution >= 0.6 is 11.3 Å². The normalized spacial score (nSPS) is 25.9. The Bertz CT molecular complexity index is 932. The molecule has 158 valence electrons. The van der Waals surface area contributed by atoms with E-state index in [1.807, 2.05) is 0 Å².